The number of carbonyl (C=O) groups excluding carboxylic acids is 2. The predicted molar refractivity (Wildman–Crippen MR) is 141 cm³/mol. The molecule has 10 heteroatoms. The Morgan fingerprint density at radius 2 is 1.90 bits per heavy atom. The Hall–Kier alpha value is -2.66. The number of hydrogen-bond acceptors (Lipinski definition) is 8. The highest BCUT2D eigenvalue weighted by molar-refractivity contribution is 5.96. The molecule has 0 spiro atoms. The van der Waals surface area contributed by atoms with Gasteiger partial charge in [0.1, 0.15) is 12.2 Å². The molecule has 5 unspecified atom stereocenters. The molecule has 214 valence electrons. The smallest absolute Gasteiger partial charge is 0.247 e. The van der Waals surface area contributed by atoms with Crippen LogP contribution in [0.1, 0.15) is 62.0 Å². The van der Waals surface area contributed by atoms with Gasteiger partial charge in [0.15, 0.2) is 11.5 Å². The Morgan fingerprint density at radius 1 is 1.13 bits per heavy atom. The summed E-state index contributed by atoms with van der Waals surface area (Å²) in [4.78, 5) is 29.4. The van der Waals surface area contributed by atoms with Gasteiger partial charge in [0.05, 0.1) is 44.8 Å². The Balaban J connectivity index is 1.59. The summed E-state index contributed by atoms with van der Waals surface area (Å²) < 4.78 is 17.4. The number of amides is 2. The Bertz CT molecular complexity index is 1080. The zero-order chi connectivity index (χ0) is 27.5. The molecule has 1 aromatic rings. The van der Waals surface area contributed by atoms with Gasteiger partial charge in [-0.05, 0) is 43.0 Å². The van der Waals surface area contributed by atoms with Gasteiger partial charge >= 0.3 is 0 Å². The summed E-state index contributed by atoms with van der Waals surface area (Å²) in [5, 5.41) is 33.8. The van der Waals surface area contributed by atoms with E-state index in [1.54, 1.807) is 18.2 Å². The Labute approximate surface area is 228 Å². The van der Waals surface area contributed by atoms with Crippen molar-refractivity contribution in [3.8, 4) is 11.5 Å². The molecule has 2 heterocycles. The quantitative estimate of drug-likeness (QED) is 0.361. The van der Waals surface area contributed by atoms with Crippen molar-refractivity contribution in [2.75, 3.05) is 33.5 Å². The normalized spacial score (nSPS) is 28.5. The number of ether oxygens (including phenoxy) is 3. The standard InChI is InChI=1S/C29H40N2O8/c1-37-23-13-17(15-33)12-20-24-21(28(35)30-9-10-32)14-22(25(34)27(24)39-26(20)23)31(19-6-4-2-3-5-7-19)29(36)18-8-11-38-16-18/h12-14,18-19,22,24-25,27,32-34H,2-11,15-16H2,1H3,(H,30,35). The number of benzene rings is 1. The maximum atomic E-state index is 14.0. The summed E-state index contributed by atoms with van der Waals surface area (Å²) in [5.41, 5.74) is 1.61. The van der Waals surface area contributed by atoms with Crippen molar-refractivity contribution in [2.45, 2.75) is 81.8 Å². The number of hydrogen-bond donors (Lipinski definition) is 4. The fourth-order valence-electron chi connectivity index (χ4n) is 6.64. The van der Waals surface area contributed by atoms with E-state index in [1.165, 1.54) is 7.11 Å². The highest BCUT2D eigenvalue weighted by atomic mass is 16.5. The van der Waals surface area contributed by atoms with E-state index >= 15 is 0 Å². The molecule has 2 fully saturated rings. The van der Waals surface area contributed by atoms with Crippen LogP contribution in [0, 0.1) is 5.92 Å². The van der Waals surface area contributed by atoms with Crippen molar-refractivity contribution in [1.29, 1.82) is 0 Å². The second kappa shape index (κ2) is 12.2. The topological polar surface area (TPSA) is 138 Å². The average molecular weight is 545 g/mol. The zero-order valence-corrected chi connectivity index (χ0v) is 22.5. The molecule has 0 radical (unpaired) electrons. The van der Waals surface area contributed by atoms with Gasteiger partial charge in [-0.3, -0.25) is 9.59 Å². The number of nitrogens with one attached hydrogen (secondary N) is 1. The van der Waals surface area contributed by atoms with E-state index in [0.29, 0.717) is 47.8 Å². The highest BCUT2D eigenvalue weighted by Crippen LogP contribution is 2.51. The molecule has 2 aliphatic carbocycles. The molecular formula is C29H40N2O8. The molecule has 5 atom stereocenters. The zero-order valence-electron chi connectivity index (χ0n) is 22.5. The van der Waals surface area contributed by atoms with Gasteiger partial charge in [0.2, 0.25) is 11.8 Å². The first kappa shape index (κ1) is 27.9. The molecule has 1 saturated carbocycles. The van der Waals surface area contributed by atoms with Crippen LogP contribution in [0.2, 0.25) is 0 Å². The van der Waals surface area contributed by atoms with Crippen LogP contribution >= 0.6 is 0 Å². The minimum absolute atomic E-state index is 0.0519. The van der Waals surface area contributed by atoms with Crippen molar-refractivity contribution in [1.82, 2.24) is 10.2 Å². The summed E-state index contributed by atoms with van der Waals surface area (Å²) >= 11 is 0. The Morgan fingerprint density at radius 3 is 2.54 bits per heavy atom. The monoisotopic (exact) mass is 544 g/mol. The minimum atomic E-state index is -1.10. The summed E-state index contributed by atoms with van der Waals surface area (Å²) in [7, 11) is 1.50. The first-order chi connectivity index (χ1) is 19.0. The van der Waals surface area contributed by atoms with E-state index < -0.39 is 30.1 Å². The van der Waals surface area contributed by atoms with Gasteiger partial charge in [-0.1, -0.05) is 25.7 Å². The fourth-order valence-corrected chi connectivity index (χ4v) is 6.64. The molecular weight excluding hydrogens is 504 g/mol. The van der Waals surface area contributed by atoms with Crippen LogP contribution in [0.3, 0.4) is 0 Å². The summed E-state index contributed by atoms with van der Waals surface area (Å²) in [6, 6.07) is 2.62. The van der Waals surface area contributed by atoms with Gasteiger partial charge < -0.3 is 39.7 Å². The number of aliphatic hydroxyl groups excluding tert-OH is 3. The summed E-state index contributed by atoms with van der Waals surface area (Å²) in [5.74, 6) is -0.535. The lowest BCUT2D eigenvalue weighted by Gasteiger charge is -2.44. The van der Waals surface area contributed by atoms with E-state index in [-0.39, 0.29) is 37.6 Å². The van der Waals surface area contributed by atoms with Gasteiger partial charge in [-0.25, -0.2) is 0 Å². The summed E-state index contributed by atoms with van der Waals surface area (Å²) in [6.45, 7) is 0.508. The molecule has 39 heavy (non-hydrogen) atoms. The molecule has 1 saturated heterocycles. The fraction of sp³-hybridized carbons (Fsp3) is 0.655. The van der Waals surface area contributed by atoms with Crippen LogP contribution in [0.5, 0.6) is 11.5 Å². The molecule has 2 aliphatic heterocycles. The Kier molecular flexibility index (Phi) is 8.76. The molecule has 4 N–H and O–H groups in total. The second-order valence-electron chi connectivity index (χ2n) is 11.0. The molecule has 10 nitrogen and oxygen atoms in total. The van der Waals surface area contributed by atoms with Gasteiger partial charge in [0.25, 0.3) is 0 Å². The van der Waals surface area contributed by atoms with E-state index in [2.05, 4.69) is 5.32 Å². The number of fused-ring (bicyclic) bond motifs is 3. The molecule has 2 amide bonds. The highest BCUT2D eigenvalue weighted by Gasteiger charge is 2.52. The van der Waals surface area contributed by atoms with Crippen molar-refractivity contribution in [3.63, 3.8) is 0 Å². The average Bonchev–Trinajstić information content (AvgIpc) is 3.55. The SMILES string of the molecule is COc1cc(CO)cc2c1OC1C2C(C(=O)NCCO)=CC(N(C(=O)C2CCOC2)C2CCCCCC2)C1O. The third kappa shape index (κ3) is 5.39. The first-order valence-corrected chi connectivity index (χ1v) is 14.2. The number of carbonyl (C=O) groups is 2. The molecule has 1 aromatic carbocycles. The maximum absolute atomic E-state index is 14.0. The van der Waals surface area contributed by atoms with Gasteiger partial charge in [0, 0.05) is 30.3 Å². The van der Waals surface area contributed by atoms with Crippen molar-refractivity contribution in [3.05, 3.63) is 34.9 Å². The van der Waals surface area contributed by atoms with E-state index in [1.807, 2.05) is 4.90 Å². The maximum Gasteiger partial charge on any atom is 0.247 e. The number of aliphatic hydroxyl groups is 3. The van der Waals surface area contributed by atoms with Crippen LogP contribution in [0.25, 0.3) is 0 Å². The lowest BCUT2D eigenvalue weighted by molar-refractivity contribution is -0.145. The number of methoxy groups -OCH3 is 1. The molecule has 0 bridgehead atoms. The van der Waals surface area contributed by atoms with E-state index in [0.717, 1.165) is 38.5 Å². The third-order valence-corrected chi connectivity index (χ3v) is 8.57. The van der Waals surface area contributed by atoms with E-state index in [9.17, 15) is 24.9 Å². The van der Waals surface area contributed by atoms with Gasteiger partial charge in [-0.2, -0.15) is 0 Å². The van der Waals surface area contributed by atoms with Crippen molar-refractivity contribution < 1.29 is 39.1 Å². The first-order valence-electron chi connectivity index (χ1n) is 14.2. The van der Waals surface area contributed by atoms with Crippen LogP contribution in [-0.4, -0.2) is 89.8 Å². The van der Waals surface area contributed by atoms with E-state index in [4.69, 9.17) is 14.2 Å². The van der Waals surface area contributed by atoms with Crippen LogP contribution in [-0.2, 0) is 20.9 Å². The van der Waals surface area contributed by atoms with Crippen LogP contribution in [0.4, 0.5) is 0 Å². The molecule has 5 rings (SSSR count). The molecule has 4 aliphatic rings. The second-order valence-corrected chi connectivity index (χ2v) is 11.0. The lowest BCUT2D eigenvalue weighted by atomic mass is 9.76. The van der Waals surface area contributed by atoms with Crippen LogP contribution in [0.15, 0.2) is 23.8 Å². The minimum Gasteiger partial charge on any atom is -0.493 e. The van der Waals surface area contributed by atoms with Crippen molar-refractivity contribution >= 4 is 11.8 Å². The predicted octanol–water partition coefficient (Wildman–Crippen LogP) is 1.40. The van der Waals surface area contributed by atoms with Crippen LogP contribution < -0.4 is 14.8 Å². The largest absolute Gasteiger partial charge is 0.493 e. The van der Waals surface area contributed by atoms with Crippen molar-refractivity contribution in [2.24, 2.45) is 5.92 Å². The molecule has 0 aromatic heterocycles. The summed E-state index contributed by atoms with van der Waals surface area (Å²) in [6.07, 6.45) is 6.32. The number of nitrogens with zero attached hydrogens (tertiary/aromatic N) is 1. The van der Waals surface area contributed by atoms with Gasteiger partial charge in [-0.15, -0.1) is 0 Å². The number of rotatable bonds is 8. The third-order valence-electron chi connectivity index (χ3n) is 8.57. The lowest BCUT2D eigenvalue weighted by Crippen LogP contribution is -2.59.